The molecule has 0 radical (unpaired) electrons. The van der Waals surface area contributed by atoms with Gasteiger partial charge in [0.15, 0.2) is 11.5 Å². The Morgan fingerprint density at radius 1 is 1.03 bits per heavy atom. The highest BCUT2D eigenvalue weighted by atomic mass is 16.5. The van der Waals surface area contributed by atoms with Gasteiger partial charge in [-0.3, -0.25) is 4.79 Å². The first-order valence-corrected chi connectivity index (χ1v) is 10.1. The largest absolute Gasteiger partial charge is 0.497 e. The summed E-state index contributed by atoms with van der Waals surface area (Å²) in [4.78, 5) is 19.4. The third kappa shape index (κ3) is 4.33. The molecule has 1 aliphatic heterocycles. The minimum atomic E-state index is -0.00742. The minimum Gasteiger partial charge on any atom is -0.497 e. The number of ether oxygens (including phenoxy) is 3. The Morgan fingerprint density at radius 2 is 1.81 bits per heavy atom. The summed E-state index contributed by atoms with van der Waals surface area (Å²) >= 11 is 0. The van der Waals surface area contributed by atoms with Gasteiger partial charge in [-0.15, -0.1) is 0 Å². The Kier molecular flexibility index (Phi) is 6.06. The van der Waals surface area contributed by atoms with E-state index in [0.717, 1.165) is 24.2 Å². The summed E-state index contributed by atoms with van der Waals surface area (Å²) in [7, 11) is 4.78. The van der Waals surface area contributed by atoms with Crippen LogP contribution < -0.4 is 14.2 Å². The maximum absolute atomic E-state index is 12.9. The average molecular weight is 423 g/mol. The smallest absolute Gasteiger partial charge is 0.253 e. The fraction of sp³-hybridized carbons (Fsp3) is 0.348. The molecule has 1 atom stereocenters. The van der Waals surface area contributed by atoms with Crippen LogP contribution in [0.4, 0.5) is 0 Å². The standard InChI is InChI=1S/C23H25N3O5/c1-28-18-9-6-15(7-10-18)23(27)26-12-4-5-17(14-26)22-24-21(25-31-22)16-8-11-19(29-2)20(13-16)30-3/h6-11,13,17H,4-5,12,14H2,1-3H3/t17-/m0/s1. The van der Waals surface area contributed by atoms with Gasteiger partial charge in [0.2, 0.25) is 11.7 Å². The average Bonchev–Trinajstić information content (AvgIpc) is 3.33. The number of rotatable bonds is 6. The highest BCUT2D eigenvalue weighted by molar-refractivity contribution is 5.94. The number of aromatic nitrogens is 2. The summed E-state index contributed by atoms with van der Waals surface area (Å²) in [5, 5.41) is 4.14. The molecule has 8 nitrogen and oxygen atoms in total. The molecular weight excluding hydrogens is 398 g/mol. The van der Waals surface area contributed by atoms with Crippen molar-refractivity contribution in [2.45, 2.75) is 18.8 Å². The second-order valence-electron chi connectivity index (χ2n) is 7.34. The van der Waals surface area contributed by atoms with E-state index >= 15 is 0 Å². The molecule has 0 N–H and O–H groups in total. The monoisotopic (exact) mass is 423 g/mol. The van der Waals surface area contributed by atoms with Gasteiger partial charge in [0, 0.05) is 24.2 Å². The third-order valence-electron chi connectivity index (χ3n) is 5.48. The lowest BCUT2D eigenvalue weighted by atomic mass is 9.97. The van der Waals surface area contributed by atoms with E-state index in [1.54, 1.807) is 51.7 Å². The van der Waals surface area contributed by atoms with Crippen molar-refractivity contribution in [1.29, 1.82) is 0 Å². The topological polar surface area (TPSA) is 86.9 Å². The number of piperidine rings is 1. The van der Waals surface area contributed by atoms with Crippen LogP contribution in [0.3, 0.4) is 0 Å². The minimum absolute atomic E-state index is 0.00246. The van der Waals surface area contributed by atoms with Gasteiger partial charge in [-0.25, -0.2) is 0 Å². The third-order valence-corrected chi connectivity index (χ3v) is 5.48. The number of amides is 1. The number of carbonyl (C=O) groups is 1. The molecule has 2 aromatic carbocycles. The molecule has 0 spiro atoms. The molecule has 8 heteroatoms. The Bertz CT molecular complexity index is 1050. The maximum Gasteiger partial charge on any atom is 0.253 e. The van der Waals surface area contributed by atoms with Crippen molar-refractivity contribution in [2.24, 2.45) is 0 Å². The summed E-state index contributed by atoms with van der Waals surface area (Å²) in [5.74, 6) is 2.97. The van der Waals surface area contributed by atoms with Crippen molar-refractivity contribution in [2.75, 3.05) is 34.4 Å². The van der Waals surface area contributed by atoms with Crippen molar-refractivity contribution in [3.63, 3.8) is 0 Å². The van der Waals surface area contributed by atoms with Crippen LogP contribution in [0.25, 0.3) is 11.4 Å². The molecule has 1 aliphatic rings. The number of carbonyl (C=O) groups excluding carboxylic acids is 1. The molecule has 1 saturated heterocycles. The van der Waals surface area contributed by atoms with E-state index in [-0.39, 0.29) is 11.8 Å². The summed E-state index contributed by atoms with van der Waals surface area (Å²) in [6.07, 6.45) is 1.76. The Hall–Kier alpha value is -3.55. The highest BCUT2D eigenvalue weighted by Crippen LogP contribution is 2.33. The lowest BCUT2D eigenvalue weighted by Gasteiger charge is -2.31. The van der Waals surface area contributed by atoms with Crippen molar-refractivity contribution in [1.82, 2.24) is 15.0 Å². The van der Waals surface area contributed by atoms with Crippen molar-refractivity contribution in [3.05, 3.63) is 53.9 Å². The molecule has 162 valence electrons. The number of likely N-dealkylation sites (tertiary alicyclic amines) is 1. The second-order valence-corrected chi connectivity index (χ2v) is 7.34. The number of nitrogens with zero attached hydrogens (tertiary/aromatic N) is 3. The van der Waals surface area contributed by atoms with Gasteiger partial charge >= 0.3 is 0 Å². The van der Waals surface area contributed by atoms with Crippen molar-refractivity contribution >= 4 is 5.91 Å². The molecule has 1 aromatic heterocycles. The summed E-state index contributed by atoms with van der Waals surface area (Å²) in [6, 6.07) is 12.6. The Balaban J connectivity index is 1.49. The number of hydrogen-bond donors (Lipinski definition) is 0. The predicted octanol–water partition coefficient (Wildman–Crippen LogP) is 3.78. The normalized spacial score (nSPS) is 16.1. The first kappa shape index (κ1) is 20.7. The van der Waals surface area contributed by atoms with Gasteiger partial charge < -0.3 is 23.6 Å². The van der Waals surface area contributed by atoms with E-state index < -0.39 is 0 Å². The molecule has 1 fully saturated rings. The quantitative estimate of drug-likeness (QED) is 0.596. The summed E-state index contributed by atoms with van der Waals surface area (Å²) in [6.45, 7) is 1.25. The predicted molar refractivity (Wildman–Crippen MR) is 114 cm³/mol. The number of hydrogen-bond acceptors (Lipinski definition) is 7. The van der Waals surface area contributed by atoms with Gasteiger partial charge in [0.05, 0.1) is 27.2 Å². The zero-order valence-electron chi connectivity index (χ0n) is 17.8. The van der Waals surface area contributed by atoms with Crippen LogP contribution in [0.5, 0.6) is 17.2 Å². The van der Waals surface area contributed by atoms with E-state index in [1.165, 1.54) is 0 Å². The van der Waals surface area contributed by atoms with E-state index in [0.29, 0.717) is 41.9 Å². The van der Waals surface area contributed by atoms with E-state index in [1.807, 2.05) is 17.0 Å². The Morgan fingerprint density at radius 3 is 2.52 bits per heavy atom. The van der Waals surface area contributed by atoms with Crippen LogP contribution in [0.1, 0.15) is 35.0 Å². The van der Waals surface area contributed by atoms with Crippen LogP contribution in [0.2, 0.25) is 0 Å². The summed E-state index contributed by atoms with van der Waals surface area (Å²) in [5.41, 5.74) is 1.41. The Labute approximate surface area is 180 Å². The van der Waals surface area contributed by atoms with Crippen LogP contribution in [0, 0.1) is 0 Å². The molecule has 0 saturated carbocycles. The fourth-order valence-corrected chi connectivity index (χ4v) is 3.77. The van der Waals surface area contributed by atoms with Gasteiger partial charge in [-0.05, 0) is 55.3 Å². The van der Waals surface area contributed by atoms with Gasteiger partial charge in [-0.1, -0.05) is 5.16 Å². The summed E-state index contributed by atoms with van der Waals surface area (Å²) < 4.78 is 21.4. The van der Waals surface area contributed by atoms with Gasteiger partial charge in [0.25, 0.3) is 5.91 Å². The van der Waals surface area contributed by atoms with Crippen LogP contribution in [0.15, 0.2) is 47.0 Å². The molecule has 3 aromatic rings. The SMILES string of the molecule is COc1ccc(C(=O)N2CCC[C@H](c3nc(-c4ccc(OC)c(OC)c4)no3)C2)cc1. The first-order chi connectivity index (χ1) is 15.1. The van der Waals surface area contributed by atoms with Crippen LogP contribution >= 0.6 is 0 Å². The van der Waals surface area contributed by atoms with Crippen molar-refractivity contribution in [3.8, 4) is 28.6 Å². The van der Waals surface area contributed by atoms with Crippen molar-refractivity contribution < 1.29 is 23.5 Å². The van der Waals surface area contributed by atoms with E-state index in [2.05, 4.69) is 10.1 Å². The second kappa shape index (κ2) is 9.07. The van der Waals surface area contributed by atoms with E-state index in [9.17, 15) is 4.79 Å². The van der Waals surface area contributed by atoms with Gasteiger partial charge in [-0.2, -0.15) is 4.98 Å². The van der Waals surface area contributed by atoms with Gasteiger partial charge in [0.1, 0.15) is 5.75 Å². The lowest BCUT2D eigenvalue weighted by Crippen LogP contribution is -2.39. The molecule has 31 heavy (non-hydrogen) atoms. The molecule has 0 aliphatic carbocycles. The fourth-order valence-electron chi connectivity index (χ4n) is 3.77. The lowest BCUT2D eigenvalue weighted by molar-refractivity contribution is 0.0695. The number of methoxy groups -OCH3 is 3. The van der Waals surface area contributed by atoms with E-state index in [4.69, 9.17) is 18.7 Å². The zero-order chi connectivity index (χ0) is 21.8. The first-order valence-electron chi connectivity index (χ1n) is 10.1. The maximum atomic E-state index is 12.9. The molecular formula is C23H25N3O5. The number of benzene rings is 2. The molecule has 1 amide bonds. The molecule has 2 heterocycles. The zero-order valence-corrected chi connectivity index (χ0v) is 17.8. The molecule has 0 bridgehead atoms. The highest BCUT2D eigenvalue weighted by Gasteiger charge is 2.29. The molecule has 4 rings (SSSR count). The van der Waals surface area contributed by atoms with Crippen LogP contribution in [-0.4, -0.2) is 55.4 Å². The molecule has 0 unspecified atom stereocenters. The van der Waals surface area contributed by atoms with Crippen LogP contribution in [-0.2, 0) is 0 Å².